The van der Waals surface area contributed by atoms with Gasteiger partial charge >= 0.3 is 6.03 Å². The van der Waals surface area contributed by atoms with E-state index in [0.29, 0.717) is 5.56 Å². The van der Waals surface area contributed by atoms with Crippen LogP contribution in [0.1, 0.15) is 22.3 Å². The summed E-state index contributed by atoms with van der Waals surface area (Å²) in [6, 6.07) is 14.0. The highest BCUT2D eigenvalue weighted by Gasteiger charge is 2.13. The van der Waals surface area contributed by atoms with Gasteiger partial charge in [-0.05, 0) is 42.5 Å². The zero-order valence-electron chi connectivity index (χ0n) is 13.8. The van der Waals surface area contributed by atoms with E-state index in [1.54, 1.807) is 6.20 Å². The molecule has 0 saturated heterocycles. The summed E-state index contributed by atoms with van der Waals surface area (Å²) in [5.74, 6) is 0.258. The number of aryl methyl sites for hydroxylation is 2. The maximum absolute atomic E-state index is 11.3. The van der Waals surface area contributed by atoms with E-state index in [4.69, 9.17) is 11.5 Å². The molecule has 3 rings (SSSR count). The molecule has 0 fully saturated rings. The van der Waals surface area contributed by atoms with E-state index in [9.17, 15) is 4.79 Å². The van der Waals surface area contributed by atoms with Gasteiger partial charge in [0.2, 0.25) is 0 Å². The molecule has 4 N–H and O–H groups in total. The Morgan fingerprint density at radius 1 is 1.17 bits per heavy atom. The van der Waals surface area contributed by atoms with Crippen molar-refractivity contribution in [3.63, 3.8) is 0 Å². The molecule has 0 aliphatic rings. The average Bonchev–Trinajstić information content (AvgIpc) is 2.91. The van der Waals surface area contributed by atoms with Gasteiger partial charge in [0.05, 0.1) is 6.20 Å². The van der Waals surface area contributed by atoms with E-state index in [-0.39, 0.29) is 5.82 Å². The van der Waals surface area contributed by atoms with Gasteiger partial charge in [0.1, 0.15) is 5.82 Å². The van der Waals surface area contributed by atoms with Gasteiger partial charge in [-0.25, -0.2) is 4.79 Å². The first-order valence-corrected chi connectivity index (χ1v) is 7.74. The van der Waals surface area contributed by atoms with Crippen LogP contribution in [0.3, 0.4) is 0 Å². The Balaban J connectivity index is 1.91. The predicted octanol–water partition coefficient (Wildman–Crippen LogP) is 3.27. The van der Waals surface area contributed by atoms with Crippen LogP contribution in [0.25, 0.3) is 11.1 Å². The number of hydrogen-bond donors (Lipinski definition) is 2. The van der Waals surface area contributed by atoms with Crippen molar-refractivity contribution in [2.75, 3.05) is 5.73 Å². The van der Waals surface area contributed by atoms with Crippen LogP contribution in [-0.4, -0.2) is 15.8 Å². The van der Waals surface area contributed by atoms with Crippen molar-refractivity contribution in [1.29, 1.82) is 0 Å². The Morgan fingerprint density at radius 2 is 1.96 bits per heavy atom. The van der Waals surface area contributed by atoms with Crippen molar-refractivity contribution in [2.24, 2.45) is 5.73 Å². The fourth-order valence-electron chi connectivity index (χ4n) is 2.86. The van der Waals surface area contributed by atoms with Crippen LogP contribution in [0.4, 0.5) is 10.6 Å². The van der Waals surface area contributed by atoms with Crippen LogP contribution in [0.15, 0.2) is 48.7 Å². The van der Waals surface area contributed by atoms with Crippen molar-refractivity contribution in [1.82, 2.24) is 9.78 Å². The Bertz CT molecular complexity index is 911. The Kier molecular flexibility index (Phi) is 4.08. The van der Waals surface area contributed by atoms with E-state index < -0.39 is 6.03 Å². The van der Waals surface area contributed by atoms with E-state index >= 15 is 0 Å². The number of aromatic nitrogens is 2. The molecule has 0 bridgehead atoms. The second-order valence-electron chi connectivity index (χ2n) is 6.00. The summed E-state index contributed by atoms with van der Waals surface area (Å²) in [6.45, 7) is 4.17. The highest BCUT2D eigenvalue weighted by atomic mass is 16.2. The number of nitrogens with zero attached hydrogens (tertiary/aromatic N) is 2. The Hall–Kier alpha value is -3.08. The number of carbonyl (C=O) groups is 1. The topological polar surface area (TPSA) is 86.9 Å². The minimum Gasteiger partial charge on any atom is -0.383 e. The summed E-state index contributed by atoms with van der Waals surface area (Å²) in [5.41, 5.74) is 17.8. The summed E-state index contributed by atoms with van der Waals surface area (Å²) >= 11 is 0. The van der Waals surface area contributed by atoms with Gasteiger partial charge in [0.15, 0.2) is 0 Å². The van der Waals surface area contributed by atoms with Crippen LogP contribution >= 0.6 is 0 Å². The lowest BCUT2D eigenvalue weighted by Gasteiger charge is -2.09. The number of amides is 1. The molecular formula is C19H20N4O. The SMILES string of the molecule is Cc1cccc(Cc2ccc(-c3cnn(C(N)=O)c3N)cc2C)c1. The van der Waals surface area contributed by atoms with Gasteiger partial charge in [-0.1, -0.05) is 48.0 Å². The van der Waals surface area contributed by atoms with Crippen molar-refractivity contribution in [3.8, 4) is 11.1 Å². The smallest absolute Gasteiger partial charge is 0.341 e. The van der Waals surface area contributed by atoms with Gasteiger partial charge in [-0.15, -0.1) is 0 Å². The largest absolute Gasteiger partial charge is 0.383 e. The lowest BCUT2D eigenvalue weighted by Crippen LogP contribution is -2.22. The number of nitrogen functional groups attached to an aromatic ring is 1. The molecular weight excluding hydrogens is 300 g/mol. The molecule has 1 aromatic heterocycles. The molecule has 0 radical (unpaired) electrons. The maximum Gasteiger partial charge on any atom is 0.341 e. The molecule has 0 atom stereocenters. The first-order valence-electron chi connectivity index (χ1n) is 7.74. The fraction of sp³-hybridized carbons (Fsp3) is 0.158. The molecule has 24 heavy (non-hydrogen) atoms. The monoisotopic (exact) mass is 320 g/mol. The third-order valence-electron chi connectivity index (χ3n) is 4.15. The van der Waals surface area contributed by atoms with Gasteiger partial charge < -0.3 is 11.5 Å². The summed E-state index contributed by atoms with van der Waals surface area (Å²) in [7, 11) is 0. The van der Waals surface area contributed by atoms with Gasteiger partial charge in [-0.3, -0.25) is 0 Å². The molecule has 0 aliphatic heterocycles. The standard InChI is InChI=1S/C19H20N4O/c1-12-4-3-5-14(8-12)10-15-6-7-16(9-13(15)2)17-11-22-23(18(17)20)19(21)24/h3-9,11H,10,20H2,1-2H3,(H2,21,24). The Labute approximate surface area is 140 Å². The summed E-state index contributed by atoms with van der Waals surface area (Å²) < 4.78 is 1.01. The second-order valence-corrected chi connectivity index (χ2v) is 6.00. The average molecular weight is 320 g/mol. The van der Waals surface area contributed by atoms with Gasteiger partial charge in [-0.2, -0.15) is 9.78 Å². The molecule has 1 heterocycles. The maximum atomic E-state index is 11.3. The molecule has 3 aromatic rings. The molecule has 0 spiro atoms. The number of nitrogens with two attached hydrogens (primary N) is 2. The van der Waals surface area contributed by atoms with Gasteiger partial charge in [0.25, 0.3) is 0 Å². The first kappa shape index (κ1) is 15.8. The van der Waals surface area contributed by atoms with E-state index in [1.165, 1.54) is 22.3 Å². The van der Waals surface area contributed by atoms with Crippen LogP contribution in [0, 0.1) is 13.8 Å². The van der Waals surface area contributed by atoms with Crippen LogP contribution in [0.2, 0.25) is 0 Å². The third-order valence-corrected chi connectivity index (χ3v) is 4.15. The quantitative estimate of drug-likeness (QED) is 0.776. The van der Waals surface area contributed by atoms with Crippen LogP contribution < -0.4 is 11.5 Å². The summed E-state index contributed by atoms with van der Waals surface area (Å²) in [4.78, 5) is 11.3. The first-order chi connectivity index (χ1) is 11.5. The van der Waals surface area contributed by atoms with Crippen molar-refractivity contribution in [3.05, 3.63) is 70.9 Å². The highest BCUT2D eigenvalue weighted by molar-refractivity contribution is 5.84. The van der Waals surface area contributed by atoms with Crippen molar-refractivity contribution >= 4 is 11.8 Å². The molecule has 0 saturated carbocycles. The second kappa shape index (κ2) is 6.20. The highest BCUT2D eigenvalue weighted by Crippen LogP contribution is 2.28. The zero-order valence-corrected chi connectivity index (χ0v) is 13.8. The lowest BCUT2D eigenvalue weighted by molar-refractivity contribution is 0.248. The predicted molar refractivity (Wildman–Crippen MR) is 95.8 cm³/mol. The van der Waals surface area contributed by atoms with Crippen LogP contribution in [0.5, 0.6) is 0 Å². The molecule has 5 heteroatoms. The number of hydrogen-bond acceptors (Lipinski definition) is 3. The normalized spacial score (nSPS) is 10.8. The number of anilines is 1. The van der Waals surface area contributed by atoms with E-state index in [0.717, 1.165) is 16.7 Å². The molecule has 0 unspecified atom stereocenters. The minimum atomic E-state index is -0.688. The summed E-state index contributed by atoms with van der Waals surface area (Å²) in [5, 5.41) is 3.94. The number of benzene rings is 2. The summed E-state index contributed by atoms with van der Waals surface area (Å²) in [6.07, 6.45) is 2.44. The lowest BCUT2D eigenvalue weighted by atomic mass is 9.96. The number of carbonyl (C=O) groups excluding carboxylic acids is 1. The molecule has 0 aliphatic carbocycles. The number of primary amides is 1. The molecule has 1 amide bonds. The molecule has 2 aromatic carbocycles. The number of rotatable bonds is 3. The van der Waals surface area contributed by atoms with Crippen LogP contribution in [-0.2, 0) is 6.42 Å². The van der Waals surface area contributed by atoms with E-state index in [2.05, 4.69) is 55.3 Å². The zero-order chi connectivity index (χ0) is 17.3. The molecule has 5 nitrogen and oxygen atoms in total. The van der Waals surface area contributed by atoms with Crippen molar-refractivity contribution < 1.29 is 4.79 Å². The molecule has 122 valence electrons. The van der Waals surface area contributed by atoms with E-state index in [1.807, 2.05) is 6.07 Å². The van der Waals surface area contributed by atoms with Gasteiger partial charge in [0, 0.05) is 5.56 Å². The minimum absolute atomic E-state index is 0.258. The third kappa shape index (κ3) is 3.01. The fourth-order valence-corrected chi connectivity index (χ4v) is 2.86. The van der Waals surface area contributed by atoms with Crippen molar-refractivity contribution in [2.45, 2.75) is 20.3 Å². The Morgan fingerprint density at radius 3 is 2.58 bits per heavy atom.